The zero-order valence-electron chi connectivity index (χ0n) is 9.46. The van der Waals surface area contributed by atoms with Gasteiger partial charge in [0.1, 0.15) is 0 Å². The molecule has 0 spiro atoms. The number of hydrogen-bond donors (Lipinski definition) is 0. The Kier molecular flexibility index (Phi) is 56.7. The van der Waals surface area contributed by atoms with Gasteiger partial charge in [0.05, 0.1) is 0 Å². The normalized spacial score (nSPS) is 8.00. The molecule has 0 heterocycles. The van der Waals surface area contributed by atoms with Gasteiger partial charge >= 0.3 is 0 Å². The first-order chi connectivity index (χ1) is 4.81. The van der Waals surface area contributed by atoms with Crippen LogP contribution in [0.3, 0.4) is 0 Å². The summed E-state index contributed by atoms with van der Waals surface area (Å²) in [5, 5.41) is 0. The van der Waals surface area contributed by atoms with Gasteiger partial charge in [0, 0.05) is 131 Å². The third kappa shape index (κ3) is 25.0. The summed E-state index contributed by atoms with van der Waals surface area (Å²) in [6, 6.07) is 0. The second-order valence-corrected chi connectivity index (χ2v) is 2.46. The van der Waals surface area contributed by atoms with Crippen LogP contribution in [0.1, 0.15) is 33.6 Å². The Balaban J connectivity index is -0.0000000675. The summed E-state index contributed by atoms with van der Waals surface area (Å²) < 4.78 is 0. The van der Waals surface area contributed by atoms with E-state index in [9.17, 15) is 0 Å². The maximum Gasteiger partial charge on any atom is 0 e. The first-order valence-corrected chi connectivity index (χ1v) is 3.72. The monoisotopic (exact) mass is 492 g/mol. The van der Waals surface area contributed by atoms with Crippen LogP contribution >= 0.6 is 0 Å². The fourth-order valence-electron chi connectivity index (χ4n) is 0.810. The van der Waals surface area contributed by atoms with E-state index < -0.39 is 0 Å². The molecule has 0 unspecified atom stereocenters. The minimum Gasteiger partial charge on any atom is -0.534 e. The summed E-state index contributed by atoms with van der Waals surface area (Å²) in [4.78, 5) is 0. The van der Waals surface area contributed by atoms with Gasteiger partial charge in [0.25, 0.3) is 0 Å². The first kappa shape index (κ1) is 30.8. The molecular weight excluding hydrogens is 476 g/mol. The van der Waals surface area contributed by atoms with Crippen molar-refractivity contribution in [2.75, 3.05) is 0 Å². The van der Waals surface area contributed by atoms with Crippen molar-refractivity contribution < 1.29 is 131 Å². The van der Waals surface area contributed by atoms with Crippen molar-refractivity contribution in [2.24, 2.45) is 0 Å². The van der Waals surface area contributed by atoms with Crippen molar-refractivity contribution in [1.29, 1.82) is 0 Å². The van der Waals surface area contributed by atoms with Gasteiger partial charge in [-0.15, -0.1) is 0 Å². The van der Waals surface area contributed by atoms with Crippen molar-refractivity contribution in [3.05, 3.63) is 30.9 Å². The Morgan fingerprint density at radius 1 is 1.14 bits per heavy atom. The van der Waals surface area contributed by atoms with E-state index in [2.05, 4.69) is 32.8 Å². The Hall–Kier alpha value is 4.03. The van der Waals surface area contributed by atoms with Crippen LogP contribution in [0.5, 0.6) is 0 Å². The van der Waals surface area contributed by atoms with E-state index in [0.29, 0.717) is 0 Å². The molecule has 0 amide bonds. The molecule has 0 aliphatic carbocycles. The van der Waals surface area contributed by atoms with E-state index >= 15 is 0 Å². The third-order valence-electron chi connectivity index (χ3n) is 1.30. The van der Waals surface area contributed by atoms with Crippen LogP contribution in [0.15, 0.2) is 6.08 Å². The Labute approximate surface area is 191 Å². The first-order valence-electron chi connectivity index (χ1n) is 3.72. The zero-order chi connectivity index (χ0) is 7.82. The summed E-state index contributed by atoms with van der Waals surface area (Å²) in [7, 11) is 0. The predicted molar refractivity (Wildman–Crippen MR) is 45.9 cm³/mol. The van der Waals surface area contributed by atoms with Gasteiger partial charge in [-0.2, -0.15) is 13.8 Å². The molecule has 4 heteroatoms. The van der Waals surface area contributed by atoms with Gasteiger partial charge in [-0.25, -0.2) is 6.92 Å². The van der Waals surface area contributed by atoms with Crippen LogP contribution in [0, 0.1) is 24.8 Å². The van der Waals surface area contributed by atoms with Gasteiger partial charge in [-0.05, 0) is 0 Å². The van der Waals surface area contributed by atoms with Crippen LogP contribution in [-0.2, 0) is 131 Å². The van der Waals surface area contributed by atoms with E-state index in [1.807, 2.05) is 13.0 Å². The molecule has 0 bridgehead atoms. The standard InChI is InChI=1S/C10H16.4Y/c1-4-6-7-9-10(3)8-5-2;;;;/h5-7H,8-9H2,1-3H3;;;;/q-4;;;;. The van der Waals surface area contributed by atoms with E-state index in [1.165, 1.54) is 5.92 Å². The van der Waals surface area contributed by atoms with Crippen LogP contribution in [0.25, 0.3) is 0 Å². The van der Waals surface area contributed by atoms with Gasteiger partial charge in [-0.1, -0.05) is 0 Å². The molecule has 0 aromatic heterocycles. The van der Waals surface area contributed by atoms with Crippen LogP contribution in [-0.4, -0.2) is 0 Å². The molecule has 0 nitrogen and oxygen atoms in total. The molecule has 0 aliphatic heterocycles. The fourth-order valence-corrected chi connectivity index (χ4v) is 0.810. The fraction of sp³-hybridized carbons (Fsp3) is 0.500. The van der Waals surface area contributed by atoms with Crippen molar-refractivity contribution in [1.82, 2.24) is 0 Å². The number of hydrogen-bond acceptors (Lipinski definition) is 0. The zero-order valence-corrected chi connectivity index (χ0v) is 20.8. The minimum atomic E-state index is 0. The third-order valence-corrected chi connectivity index (χ3v) is 1.30. The average molecular weight is 492 g/mol. The van der Waals surface area contributed by atoms with Crippen LogP contribution in [0.4, 0.5) is 0 Å². The number of allylic oxidation sites excluding steroid dienone is 2. The molecule has 0 N–H and O–H groups in total. The molecule has 14 heavy (non-hydrogen) atoms. The largest absolute Gasteiger partial charge is 0.534 e. The molecule has 0 fully saturated rings. The van der Waals surface area contributed by atoms with Gasteiger partial charge in [0.15, 0.2) is 0 Å². The molecule has 0 saturated carbocycles. The maximum atomic E-state index is 2.96. The van der Waals surface area contributed by atoms with Crippen molar-refractivity contribution in [3.63, 3.8) is 0 Å². The maximum absolute atomic E-state index is 2.96. The summed E-state index contributed by atoms with van der Waals surface area (Å²) >= 11 is 0. The average Bonchev–Trinajstić information content (AvgIpc) is 1.89. The van der Waals surface area contributed by atoms with E-state index in [-0.39, 0.29) is 131 Å². The quantitative estimate of drug-likeness (QED) is 0.518. The summed E-state index contributed by atoms with van der Waals surface area (Å²) in [6.45, 7) is 6.18. The second-order valence-electron chi connectivity index (χ2n) is 2.46. The molecule has 0 aromatic carbocycles. The Morgan fingerprint density at radius 3 is 2.00 bits per heavy atom. The van der Waals surface area contributed by atoms with Crippen LogP contribution < -0.4 is 0 Å². The predicted octanol–water partition coefficient (Wildman–Crippen LogP) is 3.16. The van der Waals surface area contributed by atoms with Gasteiger partial charge in [-0.3, -0.25) is 6.42 Å². The van der Waals surface area contributed by atoms with Gasteiger partial charge < -0.3 is 37.3 Å². The Morgan fingerprint density at radius 2 is 1.64 bits per heavy atom. The van der Waals surface area contributed by atoms with E-state index in [1.54, 1.807) is 0 Å². The summed E-state index contributed by atoms with van der Waals surface area (Å²) in [6.07, 6.45) is 11.5. The molecule has 4 radical (unpaired) electrons. The minimum absolute atomic E-state index is 0. The van der Waals surface area contributed by atoms with Crippen LogP contribution in [0.2, 0.25) is 0 Å². The summed E-state index contributed by atoms with van der Waals surface area (Å²) in [5.41, 5.74) is 0. The van der Waals surface area contributed by atoms with Crippen molar-refractivity contribution >= 4 is 0 Å². The SMILES string of the molecule is C[C-]=C[CH-]C[C-](C)C[CH-]C.[Y].[Y].[Y].[Y]. The molecule has 0 saturated heterocycles. The molecule has 0 atom stereocenters. The molecule has 0 aromatic rings. The smallest absolute Gasteiger partial charge is 0 e. The molecule has 0 aliphatic rings. The van der Waals surface area contributed by atoms with Crippen molar-refractivity contribution in [2.45, 2.75) is 33.6 Å². The number of rotatable bonds is 5. The molecular formula is C10H16Y4-4. The summed E-state index contributed by atoms with van der Waals surface area (Å²) in [5.74, 6) is 1.51. The molecule has 0 rings (SSSR count). The van der Waals surface area contributed by atoms with E-state index in [0.717, 1.165) is 12.8 Å². The Bertz CT molecular complexity index is 94.1. The topological polar surface area (TPSA) is 0 Å². The van der Waals surface area contributed by atoms with Crippen molar-refractivity contribution in [3.8, 4) is 0 Å². The second kappa shape index (κ2) is 25.8. The molecule has 72 valence electrons. The van der Waals surface area contributed by atoms with Gasteiger partial charge in [0.2, 0.25) is 0 Å². The van der Waals surface area contributed by atoms with E-state index in [4.69, 9.17) is 0 Å².